The van der Waals surface area contributed by atoms with Crippen LogP contribution in [0.25, 0.3) is 72.3 Å². The van der Waals surface area contributed by atoms with E-state index in [4.69, 9.17) is 26.2 Å². The summed E-state index contributed by atoms with van der Waals surface area (Å²) in [5, 5.41) is -3.50. The number of aryl methyl sites for hydroxylation is 1. The zero-order chi connectivity index (χ0) is 90.1. The van der Waals surface area contributed by atoms with Crippen LogP contribution in [0, 0.1) is 25.3 Å². The van der Waals surface area contributed by atoms with E-state index in [1.807, 2.05) is 61.7 Å². The van der Waals surface area contributed by atoms with Crippen molar-refractivity contribution < 1.29 is 82.5 Å². The maximum absolute atomic E-state index is 10.7. The summed E-state index contributed by atoms with van der Waals surface area (Å²) in [5.41, 5.74) is -15.4. The first kappa shape index (κ1) is 27.1. The number of ether oxygens (including phenoxy) is 1. The summed E-state index contributed by atoms with van der Waals surface area (Å²) in [7, 11) is -6.97. The average Bonchev–Trinajstić information content (AvgIpc) is 1.56. The quantitative estimate of drug-likeness (QED) is 0.0560. The van der Waals surface area contributed by atoms with Gasteiger partial charge in [-0.1, -0.05) is 241 Å². The Bertz CT molecular complexity index is 6380. The Morgan fingerprint density at radius 1 is 0.612 bits per heavy atom. The van der Waals surface area contributed by atoms with Gasteiger partial charge in [0.25, 0.3) is 6.33 Å². The Morgan fingerprint density at radius 3 is 1.96 bits per heavy atom. The zero-order valence-electron chi connectivity index (χ0n) is 83.0. The minimum absolute atomic E-state index is 0. The van der Waals surface area contributed by atoms with Gasteiger partial charge in [0.15, 0.2) is 8.07 Å². The summed E-state index contributed by atoms with van der Waals surface area (Å²) < 4.78 is 370. The van der Waals surface area contributed by atoms with Crippen molar-refractivity contribution in [1.82, 2.24) is 14.1 Å². The number of imidazole rings is 1. The molecule has 1 aliphatic rings. The first-order valence-corrected chi connectivity index (χ1v) is 28.2. The monoisotopic (exact) mass is 1340 g/mol. The molecule has 0 spiro atoms. The van der Waals surface area contributed by atoms with Gasteiger partial charge in [0, 0.05) is 64.8 Å². The maximum atomic E-state index is 10.7. The van der Waals surface area contributed by atoms with Crippen LogP contribution in [-0.4, -0.2) is 22.2 Å². The van der Waals surface area contributed by atoms with Crippen molar-refractivity contribution in [2.75, 3.05) is 0 Å². The van der Waals surface area contributed by atoms with E-state index in [1.54, 1.807) is 18.3 Å². The SMILES string of the molecule is [2H]c1c([2H])c([2H])c(-c2ccc3c(c2)n(-c2[c-]c(Oc4[c-]c5c(cc4)c4ccccc4n5-c4cc(C(C)(C)C)ccn4)ccc2)[c-][n+]3-c2c(-c3c([2H])c([2H])c4c(c3[2H])C(C([2H])([2H])[2H])(C([2H])([2H])[2H])CC4(C([2H])([2H])[2H])C([2H])([2H])[2H])cc(C([2H])([2H])[2H])cc2[Si](c2c([2H])c([2H])c([2H])c([2H])c2[2H])(c2c([2H])c([2H])c([2H])c([2H])c2[2H])c2c([2H])c([2H])c([2H])c([2H])c2[2H])c([2H])c1[2H].[Pt]. The predicted molar refractivity (Wildman–Crippen MR) is 349 cm³/mol. The van der Waals surface area contributed by atoms with E-state index in [-0.39, 0.29) is 54.7 Å². The van der Waals surface area contributed by atoms with E-state index < -0.39 is 264 Å². The third kappa shape index (κ3) is 9.61. The fraction of sp³-hybridized carbons (Fsp3) is 0.154. The number of benzene rings is 10. The first-order valence-electron chi connectivity index (χ1n) is 45.2. The summed E-state index contributed by atoms with van der Waals surface area (Å²) in [6.45, 7) is -14.3. The first-order chi connectivity index (χ1) is 56.4. The molecule has 3 heterocycles. The molecule has 13 aromatic rings. The Hall–Kier alpha value is -8.67. The van der Waals surface area contributed by atoms with E-state index in [0.29, 0.717) is 28.9 Å². The van der Waals surface area contributed by atoms with Crippen molar-refractivity contribution in [3.8, 4) is 50.9 Å². The van der Waals surface area contributed by atoms with E-state index >= 15 is 0 Å². The molecule has 0 aliphatic heterocycles. The zero-order valence-corrected chi connectivity index (χ0v) is 48.3. The van der Waals surface area contributed by atoms with Crippen molar-refractivity contribution in [2.24, 2.45) is 0 Å². The normalized spacial score (nSPS) is 20.8. The van der Waals surface area contributed by atoms with Gasteiger partial charge in [-0.3, -0.25) is 4.57 Å². The fourth-order valence-electron chi connectivity index (χ4n) is 11.1. The molecule has 0 N–H and O–H groups in total. The van der Waals surface area contributed by atoms with Gasteiger partial charge in [-0.2, -0.15) is 18.2 Å². The molecule has 85 heavy (non-hydrogen) atoms. The van der Waals surface area contributed by atoms with E-state index in [9.17, 15) is 35.6 Å². The van der Waals surface area contributed by atoms with Crippen LogP contribution in [0.1, 0.15) is 129 Å². The average molecular weight is 1340 g/mol. The summed E-state index contributed by atoms with van der Waals surface area (Å²) >= 11 is 0. The van der Waals surface area contributed by atoms with Gasteiger partial charge in [-0.15, -0.1) is 29.7 Å². The van der Waals surface area contributed by atoms with Crippen molar-refractivity contribution in [3.63, 3.8) is 0 Å². The molecule has 14 rings (SSSR count). The number of pyridine rings is 1. The third-order valence-corrected chi connectivity index (χ3v) is 19.1. The van der Waals surface area contributed by atoms with Crippen LogP contribution in [0.3, 0.4) is 0 Å². The Kier molecular flexibility index (Phi) is 6.84. The molecule has 420 valence electrons. The van der Waals surface area contributed by atoms with E-state index in [1.165, 1.54) is 24.3 Å². The second kappa shape index (κ2) is 21.4. The molecule has 0 atom stereocenters. The van der Waals surface area contributed by atoms with Gasteiger partial charge >= 0.3 is 0 Å². The largest absolute Gasteiger partial charge is 0.510 e. The van der Waals surface area contributed by atoms with E-state index in [2.05, 4.69) is 18.5 Å². The second-order valence-corrected chi connectivity index (χ2v) is 24.8. The molecule has 10 aromatic carbocycles. The summed E-state index contributed by atoms with van der Waals surface area (Å²) in [6.07, 6.45) is 2.79. The molecule has 0 saturated heterocycles. The van der Waals surface area contributed by atoms with Gasteiger partial charge in [0.1, 0.15) is 5.82 Å². The van der Waals surface area contributed by atoms with Gasteiger partial charge in [-0.25, -0.2) is 4.98 Å². The third-order valence-electron chi connectivity index (χ3n) is 14.9. The molecule has 0 unspecified atom stereocenters. The number of hydrogen-bond donors (Lipinski definition) is 0. The summed E-state index contributed by atoms with van der Waals surface area (Å²) in [4.78, 5) is 4.77. The molecule has 7 heteroatoms. The molecule has 3 aromatic heterocycles. The molecule has 0 bridgehead atoms. The Balaban J connectivity index is 0.0000130. The number of fused-ring (bicyclic) bond motifs is 5. The smallest absolute Gasteiger partial charge is 0.268 e. The molecule has 0 saturated carbocycles. The standard InChI is InChI=1S/C78H66N4OSi.Pt/c1-53-44-66(56-36-40-67-68(46-56)78(7,8)51-77(67,5)6)75(73(45-53)84(61-28-15-10-16-29-61,62-30-17-11-18-31-62)63-32-19-12-20-33-63)81-52-80(72-47-55(37-41-70(72)81)54-24-13-9-14-25-54)58-26-23-27-59(49-58)83-60-38-39-65-64-34-21-22-35-69(64)82(71(65)50-60)74-48-57(42-43-79-74)76(2,3)4;/h9-48H,51H2,1-8H3;/q-2;/i1D3,5D3,6D3,7D3,8D3,9D,10D,11D,12D,13D,14D,15D,16D,17D,18D,19D,20D,24D,25D,28D,29D,30D,31D,32D,33D,36D,40D,46D;. The van der Waals surface area contributed by atoms with Gasteiger partial charge in [0.2, 0.25) is 0 Å². The van der Waals surface area contributed by atoms with E-state index in [0.717, 1.165) is 37.7 Å². The van der Waals surface area contributed by atoms with Crippen LogP contribution in [0.4, 0.5) is 0 Å². The number of rotatable bonds is 11. The topological polar surface area (TPSA) is 35.9 Å². The van der Waals surface area contributed by atoms with Crippen LogP contribution in [-0.2, 0) is 37.3 Å². The molecular weight excluding hydrogens is 1230 g/mol. The number of hydrogen-bond acceptors (Lipinski definition) is 2. The summed E-state index contributed by atoms with van der Waals surface area (Å²) in [6, 6.07) is 1.13. The predicted octanol–water partition coefficient (Wildman–Crippen LogP) is 15.9. The van der Waals surface area contributed by atoms with Crippen molar-refractivity contribution in [3.05, 3.63) is 283 Å². The molecule has 0 radical (unpaired) electrons. The molecule has 0 fully saturated rings. The number of aromatic nitrogens is 4. The molecule has 5 nitrogen and oxygen atoms in total. The minimum Gasteiger partial charge on any atom is -0.510 e. The van der Waals surface area contributed by atoms with Crippen molar-refractivity contribution >= 4 is 61.7 Å². The Morgan fingerprint density at radius 2 is 1.28 bits per heavy atom. The molecular formula is C78H66N4OPtSi-2. The van der Waals surface area contributed by atoms with Crippen LogP contribution in [0.5, 0.6) is 11.5 Å². The van der Waals surface area contributed by atoms with Gasteiger partial charge in [0.05, 0.1) is 48.2 Å². The van der Waals surface area contributed by atoms with Gasteiger partial charge < -0.3 is 13.9 Å². The van der Waals surface area contributed by atoms with Crippen LogP contribution in [0.2, 0.25) is 0 Å². The minimum atomic E-state index is -6.97. The molecule has 0 amide bonds. The van der Waals surface area contributed by atoms with Crippen LogP contribution < -0.4 is 30.1 Å². The fourth-order valence-corrected chi connectivity index (χ4v) is 15.2. The van der Waals surface area contributed by atoms with Gasteiger partial charge in [-0.05, 0) is 125 Å². The van der Waals surface area contributed by atoms with Crippen molar-refractivity contribution in [2.45, 2.75) is 77.7 Å². The van der Waals surface area contributed by atoms with Crippen molar-refractivity contribution in [1.29, 1.82) is 0 Å². The van der Waals surface area contributed by atoms with Crippen LogP contribution in [0.15, 0.2) is 242 Å². The second-order valence-electron chi connectivity index (χ2n) is 21.2. The molecule has 1 aliphatic carbocycles. The summed E-state index contributed by atoms with van der Waals surface area (Å²) in [5.74, 6) is 0.423. The number of nitrogens with zero attached hydrogens (tertiary/aromatic N) is 4. The van der Waals surface area contributed by atoms with Crippen LogP contribution >= 0.6 is 0 Å². The number of para-hydroxylation sites is 1. The maximum Gasteiger partial charge on any atom is 0.268 e. The Labute approximate surface area is 568 Å².